The smallest absolute Gasteiger partial charge is 0.261 e. The highest BCUT2D eigenvalue weighted by molar-refractivity contribution is 7.92. The summed E-state index contributed by atoms with van der Waals surface area (Å²) in [6.45, 7) is 4.01. The van der Waals surface area contributed by atoms with Crippen molar-refractivity contribution in [2.75, 3.05) is 4.72 Å². The van der Waals surface area contributed by atoms with Gasteiger partial charge in [0.1, 0.15) is 0 Å². The van der Waals surface area contributed by atoms with Crippen LogP contribution in [0.15, 0.2) is 47.4 Å². The van der Waals surface area contributed by atoms with E-state index in [1.54, 1.807) is 30.3 Å². The molecule has 0 aliphatic carbocycles. The Morgan fingerprint density at radius 1 is 1.09 bits per heavy atom. The fraction of sp³-hybridized carbons (Fsp3) is 0.294. The molecule has 0 bridgehead atoms. The van der Waals surface area contributed by atoms with E-state index in [2.05, 4.69) is 11.6 Å². The van der Waals surface area contributed by atoms with Crippen LogP contribution in [0.5, 0.6) is 0 Å². The van der Waals surface area contributed by atoms with Crippen LogP contribution in [0.4, 0.5) is 5.69 Å². The number of anilines is 1. The maximum Gasteiger partial charge on any atom is 0.261 e. The number of halogens is 1. The fourth-order valence-electron chi connectivity index (χ4n) is 2.09. The van der Waals surface area contributed by atoms with Gasteiger partial charge in [0, 0.05) is 5.02 Å². The quantitative estimate of drug-likeness (QED) is 0.823. The molecule has 0 aliphatic heterocycles. The van der Waals surface area contributed by atoms with Gasteiger partial charge in [0.15, 0.2) is 0 Å². The Hall–Kier alpha value is -1.52. The second kappa shape index (κ2) is 7.16. The van der Waals surface area contributed by atoms with E-state index in [0.29, 0.717) is 10.7 Å². The van der Waals surface area contributed by atoms with Crippen molar-refractivity contribution in [2.45, 2.75) is 38.0 Å². The zero-order chi connectivity index (χ0) is 16.2. The molecule has 2 aromatic rings. The summed E-state index contributed by atoms with van der Waals surface area (Å²) in [6, 6.07) is 12.1. The van der Waals surface area contributed by atoms with Crippen LogP contribution in [0.25, 0.3) is 0 Å². The van der Waals surface area contributed by atoms with Gasteiger partial charge in [-0.25, -0.2) is 8.42 Å². The van der Waals surface area contributed by atoms with Crippen molar-refractivity contribution in [3.63, 3.8) is 0 Å². The summed E-state index contributed by atoms with van der Waals surface area (Å²) >= 11 is 6.02. The van der Waals surface area contributed by atoms with E-state index in [0.717, 1.165) is 30.4 Å². The monoisotopic (exact) mass is 337 g/mol. The molecule has 0 aromatic heterocycles. The van der Waals surface area contributed by atoms with E-state index in [1.807, 2.05) is 19.1 Å². The third kappa shape index (κ3) is 4.24. The number of rotatable bonds is 6. The molecule has 0 unspecified atom stereocenters. The molecule has 0 saturated heterocycles. The first kappa shape index (κ1) is 16.8. The van der Waals surface area contributed by atoms with Gasteiger partial charge in [0.25, 0.3) is 10.0 Å². The Labute approximate surface area is 137 Å². The first-order valence-electron chi connectivity index (χ1n) is 7.30. The van der Waals surface area contributed by atoms with Gasteiger partial charge in [-0.2, -0.15) is 0 Å². The third-order valence-corrected chi connectivity index (χ3v) is 5.28. The van der Waals surface area contributed by atoms with Crippen LogP contribution in [-0.2, 0) is 16.4 Å². The van der Waals surface area contributed by atoms with Crippen LogP contribution in [0.2, 0.25) is 5.02 Å². The largest absolute Gasteiger partial charge is 0.280 e. The summed E-state index contributed by atoms with van der Waals surface area (Å²) in [7, 11) is -3.59. The Morgan fingerprint density at radius 3 is 2.36 bits per heavy atom. The van der Waals surface area contributed by atoms with Gasteiger partial charge in [0.2, 0.25) is 0 Å². The Morgan fingerprint density at radius 2 is 1.77 bits per heavy atom. The van der Waals surface area contributed by atoms with E-state index in [1.165, 1.54) is 0 Å². The Kier molecular flexibility index (Phi) is 5.48. The van der Waals surface area contributed by atoms with Gasteiger partial charge in [-0.1, -0.05) is 43.1 Å². The SMILES string of the molecule is CCCCc1ccc(S(=O)(=O)Nc2ccc(C)c(Cl)c2)cc1. The molecule has 2 rings (SSSR count). The molecule has 0 amide bonds. The molecule has 0 radical (unpaired) electrons. The highest BCUT2D eigenvalue weighted by atomic mass is 35.5. The predicted molar refractivity (Wildman–Crippen MR) is 92.1 cm³/mol. The summed E-state index contributed by atoms with van der Waals surface area (Å²) in [6.07, 6.45) is 3.19. The number of sulfonamides is 1. The van der Waals surface area contributed by atoms with Gasteiger partial charge in [-0.15, -0.1) is 0 Å². The van der Waals surface area contributed by atoms with Gasteiger partial charge in [-0.05, 0) is 55.2 Å². The molecule has 3 nitrogen and oxygen atoms in total. The van der Waals surface area contributed by atoms with Crippen LogP contribution in [0.1, 0.15) is 30.9 Å². The molecule has 5 heteroatoms. The molecule has 0 spiro atoms. The minimum atomic E-state index is -3.59. The molecule has 0 atom stereocenters. The van der Waals surface area contributed by atoms with Crippen molar-refractivity contribution in [1.82, 2.24) is 0 Å². The molecule has 0 saturated carbocycles. The van der Waals surface area contributed by atoms with E-state index in [4.69, 9.17) is 11.6 Å². The molecule has 0 heterocycles. The van der Waals surface area contributed by atoms with E-state index < -0.39 is 10.0 Å². The van der Waals surface area contributed by atoms with Crippen LogP contribution < -0.4 is 4.72 Å². The molecule has 0 fully saturated rings. The van der Waals surface area contributed by atoms with Crippen molar-refractivity contribution in [3.8, 4) is 0 Å². The minimum Gasteiger partial charge on any atom is -0.280 e. The Balaban J connectivity index is 2.17. The van der Waals surface area contributed by atoms with Crippen molar-refractivity contribution in [1.29, 1.82) is 0 Å². The molecule has 118 valence electrons. The normalized spacial score (nSPS) is 11.4. The van der Waals surface area contributed by atoms with Gasteiger partial charge in [0.05, 0.1) is 10.6 Å². The number of hydrogen-bond acceptors (Lipinski definition) is 2. The average molecular weight is 338 g/mol. The lowest BCUT2D eigenvalue weighted by molar-refractivity contribution is 0.601. The van der Waals surface area contributed by atoms with Crippen LogP contribution in [0.3, 0.4) is 0 Å². The van der Waals surface area contributed by atoms with Gasteiger partial charge >= 0.3 is 0 Å². The van der Waals surface area contributed by atoms with E-state index in [-0.39, 0.29) is 4.90 Å². The topological polar surface area (TPSA) is 46.2 Å². The van der Waals surface area contributed by atoms with E-state index in [9.17, 15) is 8.42 Å². The maximum atomic E-state index is 12.4. The fourth-order valence-corrected chi connectivity index (χ4v) is 3.32. The van der Waals surface area contributed by atoms with Crippen molar-refractivity contribution in [2.24, 2.45) is 0 Å². The number of benzene rings is 2. The lowest BCUT2D eigenvalue weighted by Gasteiger charge is -2.10. The number of aryl methyl sites for hydroxylation is 2. The van der Waals surface area contributed by atoms with Crippen LogP contribution in [0, 0.1) is 6.92 Å². The summed E-state index contributed by atoms with van der Waals surface area (Å²) in [5.74, 6) is 0. The summed E-state index contributed by atoms with van der Waals surface area (Å²) in [4.78, 5) is 0.254. The van der Waals surface area contributed by atoms with Gasteiger partial charge < -0.3 is 0 Å². The average Bonchev–Trinajstić information content (AvgIpc) is 2.49. The van der Waals surface area contributed by atoms with Gasteiger partial charge in [-0.3, -0.25) is 4.72 Å². The zero-order valence-electron chi connectivity index (χ0n) is 12.8. The molecule has 1 N–H and O–H groups in total. The standard InChI is InChI=1S/C17H20ClNO2S/c1-3-4-5-14-7-10-16(11-8-14)22(20,21)19-15-9-6-13(2)17(18)12-15/h6-12,19H,3-5H2,1-2H3. The van der Waals surface area contributed by atoms with E-state index >= 15 is 0 Å². The highest BCUT2D eigenvalue weighted by Crippen LogP contribution is 2.23. The minimum absolute atomic E-state index is 0.254. The predicted octanol–water partition coefficient (Wildman–Crippen LogP) is 4.79. The second-order valence-corrected chi connectivity index (χ2v) is 7.41. The van der Waals surface area contributed by atoms with Crippen molar-refractivity contribution >= 4 is 27.3 Å². The molecule has 2 aromatic carbocycles. The van der Waals surface area contributed by atoms with Crippen LogP contribution >= 0.6 is 11.6 Å². The first-order valence-corrected chi connectivity index (χ1v) is 9.16. The lowest BCUT2D eigenvalue weighted by Crippen LogP contribution is -2.13. The first-order chi connectivity index (χ1) is 10.4. The van der Waals surface area contributed by atoms with Crippen molar-refractivity contribution in [3.05, 3.63) is 58.6 Å². The lowest BCUT2D eigenvalue weighted by atomic mass is 10.1. The summed E-state index contributed by atoms with van der Waals surface area (Å²) in [5, 5.41) is 0.537. The van der Waals surface area contributed by atoms with Crippen molar-refractivity contribution < 1.29 is 8.42 Å². The number of nitrogens with one attached hydrogen (secondary N) is 1. The van der Waals surface area contributed by atoms with Crippen LogP contribution in [-0.4, -0.2) is 8.42 Å². The summed E-state index contributed by atoms with van der Waals surface area (Å²) < 4.78 is 27.3. The molecular weight excluding hydrogens is 318 g/mol. The molecule has 0 aliphatic rings. The zero-order valence-corrected chi connectivity index (χ0v) is 14.3. The second-order valence-electron chi connectivity index (χ2n) is 5.32. The maximum absolute atomic E-state index is 12.4. The Bertz CT molecular complexity index is 740. The third-order valence-electron chi connectivity index (χ3n) is 3.48. The number of unbranched alkanes of at least 4 members (excludes halogenated alkanes) is 1. The highest BCUT2D eigenvalue weighted by Gasteiger charge is 2.14. The molecule has 22 heavy (non-hydrogen) atoms. The molecular formula is C17H20ClNO2S. The number of hydrogen-bond donors (Lipinski definition) is 1. The summed E-state index contributed by atoms with van der Waals surface area (Å²) in [5.41, 5.74) is 2.52.